The van der Waals surface area contributed by atoms with Gasteiger partial charge in [0.05, 0.1) is 0 Å². The second kappa shape index (κ2) is 7.80. The summed E-state index contributed by atoms with van der Waals surface area (Å²) < 4.78 is 0. The van der Waals surface area contributed by atoms with E-state index in [4.69, 9.17) is 0 Å². The fraction of sp³-hybridized carbons (Fsp3) is 0.562. The molecule has 0 spiro atoms. The molecule has 7 nitrogen and oxygen atoms in total. The zero-order valence-electron chi connectivity index (χ0n) is 14.1. The second-order valence-corrected chi connectivity index (χ2v) is 5.91. The number of rotatable bonds is 4. The number of carbonyl (C=O) groups excluding carboxylic acids is 2. The first kappa shape index (κ1) is 17.1. The monoisotopic (exact) mass is 319 g/mol. The van der Waals surface area contributed by atoms with Crippen molar-refractivity contribution in [1.29, 1.82) is 0 Å². The molecule has 1 saturated heterocycles. The van der Waals surface area contributed by atoms with Gasteiger partial charge in [0.1, 0.15) is 0 Å². The molecule has 0 saturated carbocycles. The minimum atomic E-state index is -0.0948. The average Bonchev–Trinajstić information content (AvgIpc) is 2.55. The highest BCUT2D eigenvalue weighted by atomic mass is 16.2. The Hall–Kier alpha value is -2.31. The Morgan fingerprint density at radius 1 is 1.26 bits per heavy atom. The number of amides is 3. The Bertz CT molecular complexity index is 553. The van der Waals surface area contributed by atoms with Gasteiger partial charge in [-0.3, -0.25) is 9.78 Å². The number of aryl methyl sites for hydroxylation is 1. The van der Waals surface area contributed by atoms with E-state index in [1.54, 1.807) is 25.2 Å². The van der Waals surface area contributed by atoms with E-state index in [1.807, 2.05) is 19.2 Å². The summed E-state index contributed by atoms with van der Waals surface area (Å²) in [5.41, 5.74) is 2.32. The van der Waals surface area contributed by atoms with Crippen LogP contribution in [0.2, 0.25) is 0 Å². The van der Waals surface area contributed by atoms with E-state index < -0.39 is 0 Å². The van der Waals surface area contributed by atoms with Crippen LogP contribution in [0.25, 0.3) is 0 Å². The Morgan fingerprint density at radius 3 is 2.57 bits per heavy atom. The third-order valence-electron chi connectivity index (χ3n) is 4.01. The van der Waals surface area contributed by atoms with Crippen LogP contribution in [0.3, 0.4) is 0 Å². The van der Waals surface area contributed by atoms with Gasteiger partial charge in [-0.25, -0.2) is 4.79 Å². The minimum Gasteiger partial charge on any atom is -0.368 e. The lowest BCUT2D eigenvalue weighted by atomic mass is 10.2. The molecule has 1 fully saturated rings. The molecular formula is C16H25N5O2. The number of carbonyl (C=O) groups is 2. The first-order chi connectivity index (χ1) is 11.0. The molecule has 2 rings (SSSR count). The molecule has 0 aromatic carbocycles. The van der Waals surface area contributed by atoms with Crippen LogP contribution in [-0.2, 0) is 4.79 Å². The predicted molar refractivity (Wildman–Crippen MR) is 89.5 cm³/mol. The van der Waals surface area contributed by atoms with Crippen molar-refractivity contribution in [1.82, 2.24) is 20.1 Å². The van der Waals surface area contributed by atoms with Gasteiger partial charge in [0.25, 0.3) is 0 Å². The van der Waals surface area contributed by atoms with Gasteiger partial charge < -0.3 is 20.0 Å². The van der Waals surface area contributed by atoms with Crippen molar-refractivity contribution in [2.45, 2.75) is 13.3 Å². The summed E-state index contributed by atoms with van der Waals surface area (Å²) in [5.74, 6) is 0.0169. The summed E-state index contributed by atoms with van der Waals surface area (Å²) in [5, 5.41) is 2.82. The Kier molecular flexibility index (Phi) is 5.78. The lowest BCUT2D eigenvalue weighted by molar-refractivity contribution is -0.128. The van der Waals surface area contributed by atoms with Crippen molar-refractivity contribution in [3.05, 3.63) is 24.0 Å². The lowest BCUT2D eigenvalue weighted by Crippen LogP contribution is -2.52. The first-order valence-electron chi connectivity index (χ1n) is 7.87. The highest BCUT2D eigenvalue weighted by Crippen LogP contribution is 2.19. The number of piperazine rings is 1. The molecule has 0 bridgehead atoms. The second-order valence-electron chi connectivity index (χ2n) is 5.91. The quantitative estimate of drug-likeness (QED) is 0.887. The van der Waals surface area contributed by atoms with Crippen LogP contribution in [0.5, 0.6) is 0 Å². The van der Waals surface area contributed by atoms with Gasteiger partial charge in [-0.05, 0) is 18.6 Å². The average molecular weight is 319 g/mol. The lowest BCUT2D eigenvalue weighted by Gasteiger charge is -2.36. The van der Waals surface area contributed by atoms with Crippen molar-refractivity contribution in [2.75, 3.05) is 51.7 Å². The smallest absolute Gasteiger partial charge is 0.317 e. The van der Waals surface area contributed by atoms with Crippen molar-refractivity contribution in [3.8, 4) is 0 Å². The molecule has 1 aliphatic heterocycles. The maximum absolute atomic E-state index is 12.1. The van der Waals surface area contributed by atoms with Crippen molar-refractivity contribution in [3.63, 3.8) is 0 Å². The summed E-state index contributed by atoms with van der Waals surface area (Å²) in [7, 11) is 3.43. The number of urea groups is 1. The summed E-state index contributed by atoms with van der Waals surface area (Å²) >= 11 is 0. The van der Waals surface area contributed by atoms with Gasteiger partial charge in [-0.15, -0.1) is 0 Å². The number of aromatic nitrogens is 1. The molecule has 1 aromatic rings. The zero-order valence-corrected chi connectivity index (χ0v) is 14.1. The summed E-state index contributed by atoms with van der Waals surface area (Å²) in [6.45, 7) is 5.37. The van der Waals surface area contributed by atoms with Gasteiger partial charge >= 0.3 is 6.03 Å². The number of hydrogen-bond acceptors (Lipinski definition) is 4. The zero-order chi connectivity index (χ0) is 16.8. The molecule has 7 heteroatoms. The topological polar surface area (TPSA) is 68.8 Å². The van der Waals surface area contributed by atoms with E-state index in [0.717, 1.165) is 18.7 Å². The third-order valence-corrected chi connectivity index (χ3v) is 4.01. The van der Waals surface area contributed by atoms with Gasteiger partial charge in [-0.1, -0.05) is 0 Å². The molecule has 0 unspecified atom stereocenters. The molecular weight excluding hydrogens is 294 g/mol. The molecule has 1 aliphatic rings. The van der Waals surface area contributed by atoms with E-state index in [2.05, 4.69) is 15.2 Å². The number of nitrogens with one attached hydrogen (secondary N) is 1. The molecule has 1 aromatic heterocycles. The number of anilines is 1. The number of nitrogens with zero attached hydrogens (tertiary/aromatic N) is 4. The highest BCUT2D eigenvalue weighted by molar-refractivity contribution is 5.78. The van der Waals surface area contributed by atoms with Gasteiger partial charge in [0.2, 0.25) is 5.91 Å². The highest BCUT2D eigenvalue weighted by Gasteiger charge is 2.21. The van der Waals surface area contributed by atoms with Crippen LogP contribution in [0.4, 0.5) is 10.5 Å². The molecule has 126 valence electrons. The number of hydrogen-bond donors (Lipinski definition) is 1. The summed E-state index contributed by atoms with van der Waals surface area (Å²) in [6, 6.07) is 1.92. The van der Waals surface area contributed by atoms with Crippen molar-refractivity contribution < 1.29 is 9.59 Å². The molecule has 3 amide bonds. The third kappa shape index (κ3) is 4.58. The fourth-order valence-corrected chi connectivity index (χ4v) is 2.58. The Labute approximate surface area is 137 Å². The van der Waals surface area contributed by atoms with E-state index in [9.17, 15) is 9.59 Å². The SMILES string of the molecule is Cc1cnccc1N1CCN(C(=O)NCCC(=O)N(C)C)CC1. The van der Waals surface area contributed by atoms with Gasteiger partial charge in [0, 0.05) is 71.3 Å². The Balaban J connectivity index is 1.77. The maximum atomic E-state index is 12.1. The van der Waals surface area contributed by atoms with E-state index >= 15 is 0 Å². The van der Waals surface area contributed by atoms with Crippen LogP contribution in [0, 0.1) is 6.92 Å². The van der Waals surface area contributed by atoms with Gasteiger partial charge in [-0.2, -0.15) is 0 Å². The van der Waals surface area contributed by atoms with Crippen LogP contribution < -0.4 is 10.2 Å². The first-order valence-corrected chi connectivity index (χ1v) is 7.87. The maximum Gasteiger partial charge on any atom is 0.317 e. The summed E-state index contributed by atoms with van der Waals surface area (Å²) in [4.78, 5) is 33.3. The Morgan fingerprint density at radius 2 is 1.96 bits per heavy atom. The number of pyridine rings is 1. The minimum absolute atomic E-state index is 0.0169. The normalized spacial score (nSPS) is 14.6. The summed E-state index contributed by atoms with van der Waals surface area (Å²) in [6.07, 6.45) is 3.98. The molecule has 23 heavy (non-hydrogen) atoms. The molecule has 0 radical (unpaired) electrons. The van der Waals surface area contributed by atoms with E-state index in [1.165, 1.54) is 10.6 Å². The predicted octanol–water partition coefficient (Wildman–Crippen LogP) is 0.700. The fourth-order valence-electron chi connectivity index (χ4n) is 2.58. The molecule has 1 N–H and O–H groups in total. The van der Waals surface area contributed by atoms with Gasteiger partial charge in [0.15, 0.2) is 0 Å². The van der Waals surface area contributed by atoms with Crippen LogP contribution >= 0.6 is 0 Å². The standard InChI is InChI=1S/C16H25N5O2/c1-13-12-17-6-4-14(13)20-8-10-21(11-9-20)16(23)18-7-5-15(22)19(2)3/h4,6,12H,5,7-11H2,1-3H3,(H,18,23). The van der Waals surface area contributed by atoms with E-state index in [-0.39, 0.29) is 11.9 Å². The largest absolute Gasteiger partial charge is 0.368 e. The van der Waals surface area contributed by atoms with Crippen LogP contribution in [0.1, 0.15) is 12.0 Å². The molecule has 2 heterocycles. The molecule has 0 atom stereocenters. The van der Waals surface area contributed by atoms with Crippen molar-refractivity contribution in [2.24, 2.45) is 0 Å². The van der Waals surface area contributed by atoms with Crippen LogP contribution in [0.15, 0.2) is 18.5 Å². The van der Waals surface area contributed by atoms with E-state index in [0.29, 0.717) is 26.1 Å². The van der Waals surface area contributed by atoms with Crippen LogP contribution in [-0.4, -0.2) is 73.5 Å². The molecule has 0 aliphatic carbocycles. The van der Waals surface area contributed by atoms with Crippen molar-refractivity contribution >= 4 is 17.6 Å².